The molecule has 0 fully saturated rings. The van der Waals surface area contributed by atoms with Crippen molar-refractivity contribution in [3.8, 4) is 28.5 Å². The van der Waals surface area contributed by atoms with E-state index in [0.29, 0.717) is 51.6 Å². The van der Waals surface area contributed by atoms with Gasteiger partial charge in [-0.1, -0.05) is 29.8 Å². The number of rotatable bonds is 7. The molecule has 0 amide bonds. The van der Waals surface area contributed by atoms with Crippen molar-refractivity contribution in [1.82, 2.24) is 4.98 Å². The number of hydrogen-bond acceptors (Lipinski definition) is 5. The van der Waals surface area contributed by atoms with E-state index in [2.05, 4.69) is 4.98 Å². The Hall–Kier alpha value is -4.37. The third kappa shape index (κ3) is 5.94. The normalized spacial score (nSPS) is 14.7. The molecule has 1 unspecified atom stereocenters. The number of alkyl halides is 3. The zero-order valence-electron chi connectivity index (χ0n) is 20.7. The largest absolute Gasteiger partial charge is 0.493 e. The number of aliphatic carboxylic acids is 1. The van der Waals surface area contributed by atoms with Crippen molar-refractivity contribution in [3.05, 3.63) is 106 Å². The summed E-state index contributed by atoms with van der Waals surface area (Å²) in [4.78, 5) is 28.6. The van der Waals surface area contributed by atoms with Crippen LogP contribution in [0.5, 0.6) is 17.2 Å². The van der Waals surface area contributed by atoms with Gasteiger partial charge in [0.1, 0.15) is 17.2 Å². The lowest BCUT2D eigenvalue weighted by Gasteiger charge is -2.24. The molecule has 2 heterocycles. The number of ether oxygens (including phenoxy) is 2. The zero-order valence-corrected chi connectivity index (χ0v) is 21.5. The molecule has 204 valence electrons. The van der Waals surface area contributed by atoms with Gasteiger partial charge in [0.15, 0.2) is 5.78 Å². The maximum Gasteiger partial charge on any atom is 0.416 e. The Morgan fingerprint density at radius 3 is 2.38 bits per heavy atom. The SMILES string of the molecule is O=C(Cc1ccc(-c2ccc(C(F)(F)F)cc2)nc1)c1ccc(Oc2cc3c(cc2Cl)C(C(=O)O)CCO3)cc1. The minimum absolute atomic E-state index is 0.0826. The van der Waals surface area contributed by atoms with E-state index in [1.807, 2.05) is 0 Å². The van der Waals surface area contributed by atoms with Crippen LogP contribution in [0.1, 0.15) is 39.4 Å². The van der Waals surface area contributed by atoms with Crippen molar-refractivity contribution in [3.63, 3.8) is 0 Å². The Balaban J connectivity index is 1.23. The number of halogens is 4. The third-order valence-electron chi connectivity index (χ3n) is 6.50. The number of carboxylic acid groups (broad SMARTS) is 1. The monoisotopic (exact) mass is 567 g/mol. The zero-order chi connectivity index (χ0) is 28.4. The lowest BCUT2D eigenvalue weighted by atomic mass is 9.93. The fraction of sp³-hybridized carbons (Fsp3) is 0.167. The van der Waals surface area contributed by atoms with Gasteiger partial charge in [0.25, 0.3) is 0 Å². The minimum atomic E-state index is -4.41. The van der Waals surface area contributed by atoms with Gasteiger partial charge in [-0.15, -0.1) is 0 Å². The molecule has 0 saturated heterocycles. The van der Waals surface area contributed by atoms with Gasteiger partial charge < -0.3 is 14.6 Å². The van der Waals surface area contributed by atoms with Gasteiger partial charge in [-0.3, -0.25) is 14.6 Å². The molecule has 1 atom stereocenters. The molecule has 1 N–H and O–H groups in total. The first-order chi connectivity index (χ1) is 19.1. The van der Waals surface area contributed by atoms with Crippen molar-refractivity contribution in [2.24, 2.45) is 0 Å². The quantitative estimate of drug-likeness (QED) is 0.232. The number of ketones is 1. The summed E-state index contributed by atoms with van der Waals surface area (Å²) in [7, 11) is 0. The van der Waals surface area contributed by atoms with Crippen molar-refractivity contribution in [2.75, 3.05) is 6.61 Å². The molecule has 6 nitrogen and oxygen atoms in total. The lowest BCUT2D eigenvalue weighted by molar-refractivity contribution is -0.139. The van der Waals surface area contributed by atoms with Gasteiger partial charge in [0.05, 0.1) is 28.8 Å². The molecule has 40 heavy (non-hydrogen) atoms. The summed E-state index contributed by atoms with van der Waals surface area (Å²) < 4.78 is 49.8. The van der Waals surface area contributed by atoms with Crippen LogP contribution in [0.25, 0.3) is 11.3 Å². The van der Waals surface area contributed by atoms with Crippen molar-refractivity contribution < 1.29 is 37.3 Å². The third-order valence-corrected chi connectivity index (χ3v) is 6.80. The number of nitrogens with zero attached hydrogens (tertiary/aromatic N) is 1. The van der Waals surface area contributed by atoms with Crippen LogP contribution >= 0.6 is 11.6 Å². The number of Topliss-reactive ketones (excluding diaryl/α,β-unsaturated/α-hetero) is 1. The average Bonchev–Trinajstić information content (AvgIpc) is 2.93. The summed E-state index contributed by atoms with van der Waals surface area (Å²) in [5.74, 6) is -0.674. The number of benzene rings is 3. The summed E-state index contributed by atoms with van der Waals surface area (Å²) >= 11 is 6.35. The number of aromatic nitrogens is 1. The molecule has 1 aromatic heterocycles. The Morgan fingerprint density at radius 1 is 1.02 bits per heavy atom. The number of carbonyl (C=O) groups excluding carboxylic acids is 1. The summed E-state index contributed by atoms with van der Waals surface area (Å²) in [6, 6.07) is 17.7. The van der Waals surface area contributed by atoms with Gasteiger partial charge in [-0.05, 0) is 60.5 Å². The molecule has 0 saturated carbocycles. The molecule has 1 aliphatic heterocycles. The molecule has 0 bridgehead atoms. The Labute approximate surface area is 232 Å². The molecule has 0 aliphatic carbocycles. The van der Waals surface area contributed by atoms with Crippen LogP contribution in [0.4, 0.5) is 13.2 Å². The second kappa shape index (κ2) is 11.0. The highest BCUT2D eigenvalue weighted by molar-refractivity contribution is 6.32. The van der Waals surface area contributed by atoms with E-state index in [1.54, 1.807) is 48.5 Å². The van der Waals surface area contributed by atoms with Gasteiger partial charge in [-0.2, -0.15) is 13.2 Å². The lowest BCUT2D eigenvalue weighted by Crippen LogP contribution is -2.20. The van der Waals surface area contributed by atoms with E-state index in [-0.39, 0.29) is 23.8 Å². The van der Waals surface area contributed by atoms with Gasteiger partial charge in [0, 0.05) is 35.4 Å². The molecule has 10 heteroatoms. The van der Waals surface area contributed by atoms with E-state index in [4.69, 9.17) is 21.1 Å². The summed E-state index contributed by atoms with van der Waals surface area (Å²) in [6.07, 6.45) is -2.44. The first-order valence-corrected chi connectivity index (χ1v) is 12.6. The second-order valence-corrected chi connectivity index (χ2v) is 9.61. The fourth-order valence-corrected chi connectivity index (χ4v) is 4.59. The number of carboxylic acids is 1. The van der Waals surface area contributed by atoms with E-state index in [0.717, 1.165) is 12.1 Å². The van der Waals surface area contributed by atoms with Crippen LogP contribution in [0, 0.1) is 0 Å². The first-order valence-electron chi connectivity index (χ1n) is 12.2. The molecular formula is C30H21ClF3NO5. The van der Waals surface area contributed by atoms with Gasteiger partial charge >= 0.3 is 12.1 Å². The Bertz CT molecular complexity index is 1550. The smallest absolute Gasteiger partial charge is 0.416 e. The predicted octanol–water partition coefficient (Wildman–Crippen LogP) is 7.59. The fourth-order valence-electron chi connectivity index (χ4n) is 4.38. The van der Waals surface area contributed by atoms with Crippen LogP contribution < -0.4 is 9.47 Å². The number of fused-ring (bicyclic) bond motifs is 1. The topological polar surface area (TPSA) is 85.7 Å². The summed E-state index contributed by atoms with van der Waals surface area (Å²) in [6.45, 7) is 0.273. The van der Waals surface area contributed by atoms with Crippen molar-refractivity contribution in [2.45, 2.75) is 24.9 Å². The van der Waals surface area contributed by atoms with Crippen LogP contribution in [0.2, 0.25) is 5.02 Å². The molecule has 5 rings (SSSR count). The molecule has 4 aromatic rings. The van der Waals surface area contributed by atoms with E-state index in [1.165, 1.54) is 18.3 Å². The molecule has 1 aliphatic rings. The maximum absolute atomic E-state index is 12.8. The second-order valence-electron chi connectivity index (χ2n) is 9.20. The van der Waals surface area contributed by atoms with Crippen LogP contribution in [0.15, 0.2) is 79.0 Å². The molecule has 3 aromatic carbocycles. The Morgan fingerprint density at radius 2 is 1.75 bits per heavy atom. The number of carbonyl (C=O) groups is 2. The summed E-state index contributed by atoms with van der Waals surface area (Å²) in [5, 5.41) is 9.68. The van der Waals surface area contributed by atoms with E-state index < -0.39 is 23.6 Å². The van der Waals surface area contributed by atoms with Crippen molar-refractivity contribution in [1.29, 1.82) is 0 Å². The van der Waals surface area contributed by atoms with Gasteiger partial charge in [0.2, 0.25) is 0 Å². The number of pyridine rings is 1. The highest BCUT2D eigenvalue weighted by Crippen LogP contribution is 2.42. The van der Waals surface area contributed by atoms with Crippen LogP contribution in [0.3, 0.4) is 0 Å². The predicted molar refractivity (Wildman–Crippen MR) is 141 cm³/mol. The molecule has 0 spiro atoms. The highest BCUT2D eigenvalue weighted by Gasteiger charge is 2.30. The highest BCUT2D eigenvalue weighted by atomic mass is 35.5. The average molecular weight is 568 g/mol. The van der Waals surface area contributed by atoms with Gasteiger partial charge in [-0.25, -0.2) is 0 Å². The Kier molecular flexibility index (Phi) is 7.49. The van der Waals surface area contributed by atoms with E-state index in [9.17, 15) is 27.9 Å². The number of hydrogen-bond donors (Lipinski definition) is 1. The molecular weight excluding hydrogens is 547 g/mol. The standard InChI is InChI=1S/C30H21ClF3NO5/c31-24-14-23-22(29(37)38)11-12-39-27(23)15-28(24)40-21-8-4-19(5-9-21)26(36)13-17-1-10-25(35-16-17)18-2-6-20(7-3-18)30(32,33)34/h1-10,14-16,22H,11-13H2,(H,37,38). The first kappa shape index (κ1) is 27.2. The van der Waals surface area contributed by atoms with Crippen LogP contribution in [-0.4, -0.2) is 28.4 Å². The van der Waals surface area contributed by atoms with Crippen LogP contribution in [-0.2, 0) is 17.4 Å². The van der Waals surface area contributed by atoms with E-state index >= 15 is 0 Å². The van der Waals surface area contributed by atoms with Crippen molar-refractivity contribution >= 4 is 23.4 Å². The minimum Gasteiger partial charge on any atom is -0.493 e. The molecule has 0 radical (unpaired) electrons. The maximum atomic E-state index is 12.8. The summed E-state index contributed by atoms with van der Waals surface area (Å²) in [5.41, 5.74) is 1.90.